The molecule has 0 saturated carbocycles. The van der Waals surface area contributed by atoms with Crippen LogP contribution in [0.2, 0.25) is 0 Å². The van der Waals surface area contributed by atoms with Crippen LogP contribution >= 0.6 is 15.9 Å². The maximum atomic E-state index is 10.1. The Morgan fingerprint density at radius 3 is 2.74 bits per heavy atom. The third-order valence-corrected chi connectivity index (χ3v) is 4.98. The zero-order valence-corrected chi connectivity index (χ0v) is 16.6. The lowest BCUT2D eigenvalue weighted by atomic mass is 10.0. The van der Waals surface area contributed by atoms with Crippen LogP contribution in [-0.2, 0) is 13.1 Å². The molecule has 27 heavy (non-hydrogen) atoms. The molecule has 0 saturated heterocycles. The lowest BCUT2D eigenvalue weighted by Crippen LogP contribution is -2.22. The lowest BCUT2D eigenvalue weighted by molar-refractivity contribution is -0.101. The molecule has 2 aromatic carbocycles. The van der Waals surface area contributed by atoms with Gasteiger partial charge in [-0.2, -0.15) is 5.06 Å². The van der Waals surface area contributed by atoms with Crippen LogP contribution in [0.1, 0.15) is 36.1 Å². The fourth-order valence-corrected chi connectivity index (χ4v) is 3.67. The molecule has 0 radical (unpaired) electrons. The highest BCUT2D eigenvalue weighted by Crippen LogP contribution is 2.28. The summed E-state index contributed by atoms with van der Waals surface area (Å²) in [5, 5.41) is 20.1. The van der Waals surface area contributed by atoms with E-state index in [0.29, 0.717) is 25.5 Å². The average molecular weight is 426 g/mol. The van der Waals surface area contributed by atoms with Gasteiger partial charge in [-0.3, -0.25) is 9.56 Å². The van der Waals surface area contributed by atoms with E-state index in [2.05, 4.69) is 44.3 Å². The minimum atomic E-state index is 0.316. The zero-order valence-electron chi connectivity index (χ0n) is 15.0. The van der Waals surface area contributed by atoms with Crippen LogP contribution in [0.15, 0.2) is 58.0 Å². The van der Waals surface area contributed by atoms with Gasteiger partial charge in [0.15, 0.2) is 11.6 Å². The first-order valence-electron chi connectivity index (χ1n) is 8.94. The molecule has 1 N–H and O–H groups in total. The Labute approximate surface area is 166 Å². The van der Waals surface area contributed by atoms with E-state index in [4.69, 9.17) is 4.99 Å². The second-order valence-corrected chi connectivity index (χ2v) is 7.36. The summed E-state index contributed by atoms with van der Waals surface area (Å²) in [6, 6.07) is 16.3. The van der Waals surface area contributed by atoms with Gasteiger partial charge in [-0.1, -0.05) is 53.2 Å². The minimum Gasteiger partial charge on any atom is -0.314 e. The van der Waals surface area contributed by atoms with E-state index in [-0.39, 0.29) is 0 Å². The number of benzene rings is 2. The molecule has 0 bridgehead atoms. The third kappa shape index (κ3) is 3.58. The minimum absolute atomic E-state index is 0.316. The summed E-state index contributed by atoms with van der Waals surface area (Å²) in [4.78, 5) is 4.84. The number of rotatable bonds is 5. The molecule has 0 aliphatic carbocycles. The van der Waals surface area contributed by atoms with Gasteiger partial charge < -0.3 is 5.21 Å². The van der Waals surface area contributed by atoms with Gasteiger partial charge in [-0.15, -0.1) is 10.2 Å². The monoisotopic (exact) mass is 425 g/mol. The molecule has 1 aliphatic heterocycles. The van der Waals surface area contributed by atoms with E-state index in [1.165, 1.54) is 5.06 Å². The topological polar surface area (TPSA) is 66.5 Å². The van der Waals surface area contributed by atoms with E-state index in [1.807, 2.05) is 41.8 Å². The number of aliphatic imine (C=N–C) groups is 1. The predicted octanol–water partition coefficient (Wildman–Crippen LogP) is 3.98. The van der Waals surface area contributed by atoms with Crippen LogP contribution in [0.3, 0.4) is 0 Å². The molecule has 1 aliphatic rings. The van der Waals surface area contributed by atoms with Crippen molar-refractivity contribution in [2.24, 2.45) is 4.99 Å². The first-order valence-corrected chi connectivity index (χ1v) is 9.74. The van der Waals surface area contributed by atoms with Crippen molar-refractivity contribution in [1.82, 2.24) is 19.8 Å². The van der Waals surface area contributed by atoms with Crippen molar-refractivity contribution in [3.8, 4) is 5.69 Å². The molecule has 0 unspecified atom stereocenters. The summed E-state index contributed by atoms with van der Waals surface area (Å²) in [5.41, 5.74) is 3.97. The number of nitrogens with zero attached hydrogens (tertiary/aromatic N) is 5. The molecule has 6 nitrogen and oxygen atoms in total. The molecule has 2 heterocycles. The molecule has 0 amide bonds. The molecule has 1 aromatic heterocycles. The maximum Gasteiger partial charge on any atom is 0.159 e. The molecular weight excluding hydrogens is 406 g/mol. The quantitative estimate of drug-likeness (QED) is 0.627. The summed E-state index contributed by atoms with van der Waals surface area (Å²) in [6.07, 6.45) is 0.863. The summed E-state index contributed by atoms with van der Waals surface area (Å²) in [6.45, 7) is 3.36. The fourth-order valence-electron chi connectivity index (χ4n) is 3.31. The van der Waals surface area contributed by atoms with Crippen molar-refractivity contribution in [1.29, 1.82) is 0 Å². The van der Waals surface area contributed by atoms with Crippen molar-refractivity contribution in [2.75, 3.05) is 6.54 Å². The normalized spacial score (nSPS) is 13.1. The largest absolute Gasteiger partial charge is 0.314 e. The number of hydrogen-bond donors (Lipinski definition) is 1. The molecular formula is C20H20BrN5O. The van der Waals surface area contributed by atoms with Gasteiger partial charge >= 0.3 is 0 Å². The van der Waals surface area contributed by atoms with Crippen LogP contribution in [-0.4, -0.2) is 37.3 Å². The van der Waals surface area contributed by atoms with Crippen LogP contribution in [0.25, 0.3) is 5.69 Å². The van der Waals surface area contributed by atoms with E-state index in [1.54, 1.807) is 0 Å². The second kappa shape index (κ2) is 7.72. The highest BCUT2D eigenvalue weighted by molar-refractivity contribution is 9.10. The predicted molar refractivity (Wildman–Crippen MR) is 107 cm³/mol. The van der Waals surface area contributed by atoms with Crippen LogP contribution < -0.4 is 0 Å². The summed E-state index contributed by atoms with van der Waals surface area (Å²) in [5.74, 6) is 1.47. The molecule has 0 spiro atoms. The fraction of sp³-hybridized carbons (Fsp3) is 0.250. The number of halogens is 1. The van der Waals surface area contributed by atoms with Gasteiger partial charge in [0.2, 0.25) is 0 Å². The Balaban J connectivity index is 1.85. The average Bonchev–Trinajstić information content (AvgIpc) is 2.98. The molecule has 0 fully saturated rings. The van der Waals surface area contributed by atoms with Gasteiger partial charge in [-0.25, -0.2) is 0 Å². The second-order valence-electron chi connectivity index (χ2n) is 6.45. The third-order valence-electron chi connectivity index (χ3n) is 4.48. The van der Waals surface area contributed by atoms with Gasteiger partial charge in [0.05, 0.1) is 17.9 Å². The van der Waals surface area contributed by atoms with Gasteiger partial charge in [0.25, 0.3) is 0 Å². The van der Waals surface area contributed by atoms with Crippen LogP contribution in [0.5, 0.6) is 0 Å². The number of hydroxylamine groups is 2. The Morgan fingerprint density at radius 2 is 1.96 bits per heavy atom. The maximum absolute atomic E-state index is 10.1. The van der Waals surface area contributed by atoms with Gasteiger partial charge in [0.1, 0.15) is 6.54 Å². The Morgan fingerprint density at radius 1 is 1.15 bits per heavy atom. The lowest BCUT2D eigenvalue weighted by Gasteiger charge is -2.16. The highest BCUT2D eigenvalue weighted by atomic mass is 79.9. The number of aromatic nitrogens is 3. The van der Waals surface area contributed by atoms with Crippen LogP contribution in [0.4, 0.5) is 0 Å². The SMILES string of the molecule is CCCN(O)Cc1nnc2n1-c1ccc(Br)cc1C(c1ccccc1)=NC2. The molecule has 4 rings (SSSR count). The molecule has 7 heteroatoms. The van der Waals surface area contributed by atoms with Crippen molar-refractivity contribution in [3.63, 3.8) is 0 Å². The van der Waals surface area contributed by atoms with Crippen molar-refractivity contribution in [2.45, 2.75) is 26.4 Å². The first-order chi connectivity index (χ1) is 13.2. The molecule has 3 aromatic rings. The Bertz CT molecular complexity index is 983. The van der Waals surface area contributed by atoms with Gasteiger partial charge in [0, 0.05) is 22.1 Å². The van der Waals surface area contributed by atoms with Crippen molar-refractivity contribution >= 4 is 21.6 Å². The summed E-state index contributed by atoms with van der Waals surface area (Å²) < 4.78 is 3.00. The highest BCUT2D eigenvalue weighted by Gasteiger charge is 2.23. The summed E-state index contributed by atoms with van der Waals surface area (Å²) >= 11 is 3.58. The smallest absolute Gasteiger partial charge is 0.159 e. The Hall–Kier alpha value is -2.35. The number of hydrogen-bond acceptors (Lipinski definition) is 5. The molecule has 0 atom stereocenters. The van der Waals surface area contributed by atoms with Crippen molar-refractivity contribution < 1.29 is 5.21 Å². The van der Waals surface area contributed by atoms with Crippen molar-refractivity contribution in [3.05, 3.63) is 75.8 Å². The van der Waals surface area contributed by atoms with Gasteiger partial charge in [-0.05, 0) is 24.6 Å². The van der Waals surface area contributed by atoms with E-state index in [9.17, 15) is 5.21 Å². The Kier molecular flexibility index (Phi) is 5.15. The zero-order chi connectivity index (χ0) is 18.8. The summed E-state index contributed by atoms with van der Waals surface area (Å²) in [7, 11) is 0. The van der Waals surface area contributed by atoms with E-state index < -0.39 is 0 Å². The first kappa shape index (κ1) is 18.0. The van der Waals surface area contributed by atoms with E-state index >= 15 is 0 Å². The van der Waals surface area contributed by atoms with E-state index in [0.717, 1.165) is 39.2 Å². The standard InChI is InChI=1S/C20H20BrN5O/c1-2-10-25(27)13-19-24-23-18-12-22-20(14-6-4-3-5-7-14)16-11-15(21)8-9-17(16)26(18)19/h3-9,11,27H,2,10,12-13H2,1H3. The van der Waals surface area contributed by atoms with Crippen LogP contribution in [0, 0.1) is 0 Å². The number of fused-ring (bicyclic) bond motifs is 3. The molecule has 138 valence electrons.